The first kappa shape index (κ1) is 22.0. The molecule has 30 heavy (non-hydrogen) atoms. The summed E-state index contributed by atoms with van der Waals surface area (Å²) in [5, 5.41) is 1.31. The second-order valence-corrected chi connectivity index (χ2v) is 7.88. The van der Waals surface area contributed by atoms with Crippen molar-refractivity contribution in [1.82, 2.24) is 14.5 Å². The molecule has 4 aromatic rings. The van der Waals surface area contributed by atoms with Crippen molar-refractivity contribution in [3.63, 3.8) is 0 Å². The number of thiazole rings is 1. The van der Waals surface area contributed by atoms with Crippen molar-refractivity contribution >= 4 is 62.7 Å². The van der Waals surface area contributed by atoms with Crippen LogP contribution >= 0.6 is 35.3 Å². The van der Waals surface area contributed by atoms with Crippen molar-refractivity contribution in [2.24, 2.45) is 0 Å². The van der Waals surface area contributed by atoms with Gasteiger partial charge in [0.1, 0.15) is 0 Å². The van der Waals surface area contributed by atoms with E-state index in [4.69, 9.17) is 11.6 Å². The van der Waals surface area contributed by atoms with E-state index < -0.39 is 0 Å². The number of rotatable bonds is 7. The lowest BCUT2D eigenvalue weighted by Crippen LogP contribution is -2.30. The summed E-state index contributed by atoms with van der Waals surface area (Å²) in [4.78, 5) is 23.5. The summed E-state index contributed by atoms with van der Waals surface area (Å²) in [6.07, 6.45) is 9.55. The Hall–Kier alpha value is -2.67. The van der Waals surface area contributed by atoms with Gasteiger partial charge in [0.25, 0.3) is 5.91 Å². The Bertz CT molecular complexity index is 1110. The van der Waals surface area contributed by atoms with Crippen molar-refractivity contribution in [1.29, 1.82) is 0 Å². The van der Waals surface area contributed by atoms with E-state index in [1.54, 1.807) is 29.6 Å². The number of imidazole rings is 1. The lowest BCUT2D eigenvalue weighted by atomic mass is 10.2. The Labute approximate surface area is 190 Å². The van der Waals surface area contributed by atoms with Crippen LogP contribution in [0.2, 0.25) is 5.02 Å². The second-order valence-electron chi connectivity index (χ2n) is 6.46. The third-order valence-corrected chi connectivity index (χ3v) is 5.85. The maximum atomic E-state index is 13.0. The van der Waals surface area contributed by atoms with Crippen LogP contribution in [0.4, 0.5) is 5.13 Å². The monoisotopic (exact) mass is 458 g/mol. The molecule has 4 rings (SSSR count). The highest BCUT2D eigenvalue weighted by molar-refractivity contribution is 7.22. The summed E-state index contributed by atoms with van der Waals surface area (Å²) in [7, 11) is 0. The number of hydrogen-bond acceptors (Lipinski definition) is 4. The van der Waals surface area contributed by atoms with Crippen molar-refractivity contribution in [2.45, 2.75) is 13.0 Å². The van der Waals surface area contributed by atoms with Crippen molar-refractivity contribution in [2.75, 3.05) is 11.4 Å². The SMILES string of the molecule is Cl.O=C(/C=C/c1ccccc1Cl)N(CCCn1ccnc1)c1nc2ccccc2s1. The molecule has 0 spiro atoms. The number of halogens is 2. The van der Waals surface area contributed by atoms with Gasteiger partial charge in [-0.3, -0.25) is 9.69 Å². The van der Waals surface area contributed by atoms with E-state index in [0.29, 0.717) is 16.7 Å². The summed E-state index contributed by atoms with van der Waals surface area (Å²) in [5.74, 6) is -0.116. The van der Waals surface area contributed by atoms with Gasteiger partial charge in [-0.25, -0.2) is 9.97 Å². The highest BCUT2D eigenvalue weighted by atomic mass is 35.5. The van der Waals surface area contributed by atoms with Gasteiger partial charge < -0.3 is 4.57 Å². The van der Waals surface area contributed by atoms with E-state index in [1.165, 1.54) is 11.3 Å². The molecule has 2 aromatic heterocycles. The number of aromatic nitrogens is 3. The molecular formula is C22H20Cl2N4OS. The van der Waals surface area contributed by atoms with Crippen LogP contribution in [0, 0.1) is 0 Å². The number of para-hydroxylation sites is 1. The van der Waals surface area contributed by atoms with Gasteiger partial charge in [-0.2, -0.15) is 0 Å². The van der Waals surface area contributed by atoms with Crippen LogP contribution in [0.5, 0.6) is 0 Å². The Balaban J connectivity index is 0.00000256. The highest BCUT2D eigenvalue weighted by Gasteiger charge is 2.17. The van der Waals surface area contributed by atoms with Crippen LogP contribution in [0.25, 0.3) is 16.3 Å². The molecule has 154 valence electrons. The molecule has 0 saturated carbocycles. The normalized spacial score (nSPS) is 11.0. The number of anilines is 1. The fourth-order valence-corrected chi connectivity index (χ4v) is 4.16. The molecule has 2 aromatic carbocycles. The average Bonchev–Trinajstić information content (AvgIpc) is 3.40. The fraction of sp³-hybridized carbons (Fsp3) is 0.136. The van der Waals surface area contributed by atoms with Gasteiger partial charge in [-0.1, -0.05) is 53.3 Å². The first-order chi connectivity index (χ1) is 14.2. The maximum Gasteiger partial charge on any atom is 0.252 e. The minimum absolute atomic E-state index is 0. The average molecular weight is 459 g/mol. The van der Waals surface area contributed by atoms with Gasteiger partial charge in [0.15, 0.2) is 5.13 Å². The molecule has 0 fully saturated rings. The third kappa shape index (κ3) is 5.27. The van der Waals surface area contributed by atoms with Gasteiger partial charge in [-0.05, 0) is 36.3 Å². The molecule has 5 nitrogen and oxygen atoms in total. The molecule has 0 radical (unpaired) electrons. The Morgan fingerprint density at radius 2 is 1.97 bits per heavy atom. The number of hydrogen-bond donors (Lipinski definition) is 0. The summed E-state index contributed by atoms with van der Waals surface area (Å²) < 4.78 is 3.06. The van der Waals surface area contributed by atoms with Gasteiger partial charge in [0.2, 0.25) is 0 Å². The molecule has 1 amide bonds. The van der Waals surface area contributed by atoms with Crippen LogP contribution in [0.1, 0.15) is 12.0 Å². The smallest absolute Gasteiger partial charge is 0.252 e. The first-order valence-corrected chi connectivity index (χ1v) is 10.5. The van der Waals surface area contributed by atoms with E-state index in [-0.39, 0.29) is 18.3 Å². The molecular weight excluding hydrogens is 439 g/mol. The molecule has 8 heteroatoms. The maximum absolute atomic E-state index is 13.0. The number of nitrogens with zero attached hydrogens (tertiary/aromatic N) is 4. The van der Waals surface area contributed by atoms with Crippen LogP contribution in [0.15, 0.2) is 73.3 Å². The van der Waals surface area contributed by atoms with E-state index >= 15 is 0 Å². The number of aryl methyl sites for hydroxylation is 1. The van der Waals surface area contributed by atoms with Crippen molar-refractivity contribution in [3.05, 3.63) is 83.9 Å². The molecule has 0 atom stereocenters. The summed E-state index contributed by atoms with van der Waals surface area (Å²) in [6.45, 7) is 1.34. The minimum Gasteiger partial charge on any atom is -0.337 e. The number of carbonyl (C=O) groups excluding carboxylic acids is 1. The standard InChI is InChI=1S/C22H19ClN4OS.ClH/c23-18-7-2-1-6-17(18)10-11-21(28)27(14-5-13-26-15-12-24-16-26)22-25-19-8-3-4-9-20(19)29-22;/h1-4,6-12,15-16H,5,13-14H2;1H/b11-10+;. The van der Waals surface area contributed by atoms with E-state index in [0.717, 1.165) is 28.7 Å². The zero-order chi connectivity index (χ0) is 20.1. The van der Waals surface area contributed by atoms with Gasteiger partial charge >= 0.3 is 0 Å². The summed E-state index contributed by atoms with van der Waals surface area (Å²) in [5.41, 5.74) is 1.71. The first-order valence-electron chi connectivity index (χ1n) is 9.26. The molecule has 0 bridgehead atoms. The molecule has 2 heterocycles. The van der Waals surface area contributed by atoms with E-state index in [2.05, 4.69) is 9.97 Å². The van der Waals surface area contributed by atoms with Gasteiger partial charge in [0.05, 0.1) is 16.5 Å². The molecule has 0 unspecified atom stereocenters. The largest absolute Gasteiger partial charge is 0.337 e. The highest BCUT2D eigenvalue weighted by Crippen LogP contribution is 2.29. The number of benzene rings is 2. The van der Waals surface area contributed by atoms with E-state index in [1.807, 2.05) is 59.3 Å². The van der Waals surface area contributed by atoms with Gasteiger partial charge in [-0.15, -0.1) is 12.4 Å². The third-order valence-electron chi connectivity index (χ3n) is 4.45. The lowest BCUT2D eigenvalue weighted by molar-refractivity contribution is -0.114. The molecule has 0 N–H and O–H groups in total. The number of amides is 1. The Morgan fingerprint density at radius 1 is 1.17 bits per heavy atom. The summed E-state index contributed by atoms with van der Waals surface area (Å²) in [6, 6.07) is 15.4. The van der Waals surface area contributed by atoms with E-state index in [9.17, 15) is 4.79 Å². The van der Waals surface area contributed by atoms with Gasteiger partial charge in [0, 0.05) is 36.6 Å². The topological polar surface area (TPSA) is 51.0 Å². The Morgan fingerprint density at radius 3 is 2.73 bits per heavy atom. The molecule has 0 aliphatic heterocycles. The van der Waals surface area contributed by atoms with Crippen LogP contribution in [-0.2, 0) is 11.3 Å². The zero-order valence-electron chi connectivity index (χ0n) is 16.0. The minimum atomic E-state index is -0.116. The quantitative estimate of drug-likeness (QED) is 0.333. The second kappa shape index (κ2) is 10.4. The molecule has 0 aliphatic carbocycles. The fourth-order valence-electron chi connectivity index (χ4n) is 2.97. The Kier molecular flexibility index (Phi) is 7.63. The zero-order valence-corrected chi connectivity index (χ0v) is 18.4. The lowest BCUT2D eigenvalue weighted by Gasteiger charge is -2.18. The van der Waals surface area contributed by atoms with Crippen LogP contribution in [0.3, 0.4) is 0 Å². The van der Waals surface area contributed by atoms with Crippen LogP contribution in [-0.4, -0.2) is 27.0 Å². The number of carbonyl (C=O) groups is 1. The van der Waals surface area contributed by atoms with Crippen molar-refractivity contribution < 1.29 is 4.79 Å². The van der Waals surface area contributed by atoms with Crippen molar-refractivity contribution in [3.8, 4) is 0 Å². The number of fused-ring (bicyclic) bond motifs is 1. The predicted octanol–water partition coefficient (Wildman–Crippen LogP) is 5.70. The predicted molar refractivity (Wildman–Crippen MR) is 127 cm³/mol. The molecule has 0 aliphatic rings. The molecule has 0 saturated heterocycles. The summed E-state index contributed by atoms with van der Waals surface area (Å²) >= 11 is 7.72. The van der Waals surface area contributed by atoms with Crippen LogP contribution < -0.4 is 4.90 Å².